The second-order valence-electron chi connectivity index (χ2n) is 4.94. The third-order valence-electron chi connectivity index (χ3n) is 3.71. The molecule has 0 aromatic heterocycles. The molecule has 1 atom stereocenters. The van der Waals surface area contributed by atoms with Gasteiger partial charge in [0.05, 0.1) is 10.7 Å². The van der Waals surface area contributed by atoms with Crippen molar-refractivity contribution in [1.29, 1.82) is 0 Å². The maximum Gasteiger partial charge on any atom is 0.246 e. The van der Waals surface area contributed by atoms with Crippen LogP contribution in [0.4, 0.5) is 11.4 Å². The van der Waals surface area contributed by atoms with Gasteiger partial charge in [0.25, 0.3) is 0 Å². The van der Waals surface area contributed by atoms with E-state index < -0.39 is 0 Å². The van der Waals surface area contributed by atoms with Crippen LogP contribution in [0.2, 0.25) is 5.02 Å². The van der Waals surface area contributed by atoms with Crippen LogP contribution in [0, 0.1) is 0 Å². The fourth-order valence-electron chi connectivity index (χ4n) is 2.49. The first-order chi connectivity index (χ1) is 8.61. The average molecular weight is 266 g/mol. The van der Waals surface area contributed by atoms with E-state index in [1.165, 1.54) is 12.8 Å². The maximum atomic E-state index is 11.8. The standard InChI is InChI=1S/C13H16ClN3O/c1-15-12-8-5-9(14)11(17(2)7-3-4-7)6-10(8)16-13(12)18/h5-7,12,15H,3-4H2,1-2H3,(H,16,18). The molecule has 1 unspecified atom stereocenters. The largest absolute Gasteiger partial charge is 0.370 e. The lowest BCUT2D eigenvalue weighted by molar-refractivity contribution is -0.117. The van der Waals surface area contributed by atoms with Crippen molar-refractivity contribution in [3.05, 3.63) is 22.7 Å². The Morgan fingerprint density at radius 3 is 2.78 bits per heavy atom. The molecule has 1 aliphatic carbocycles. The average Bonchev–Trinajstić information content (AvgIpc) is 3.12. The topological polar surface area (TPSA) is 44.4 Å². The van der Waals surface area contributed by atoms with E-state index in [-0.39, 0.29) is 11.9 Å². The lowest BCUT2D eigenvalue weighted by Gasteiger charge is -2.21. The quantitative estimate of drug-likeness (QED) is 0.880. The molecule has 0 radical (unpaired) electrons. The van der Waals surface area contributed by atoms with Crippen LogP contribution < -0.4 is 15.5 Å². The van der Waals surface area contributed by atoms with Crippen LogP contribution in [0.15, 0.2) is 12.1 Å². The van der Waals surface area contributed by atoms with Crippen LogP contribution in [0.3, 0.4) is 0 Å². The van der Waals surface area contributed by atoms with Gasteiger partial charge in [0.15, 0.2) is 0 Å². The molecule has 3 rings (SSSR count). The highest BCUT2D eigenvalue weighted by atomic mass is 35.5. The molecular weight excluding hydrogens is 250 g/mol. The summed E-state index contributed by atoms with van der Waals surface area (Å²) in [7, 11) is 3.83. The third kappa shape index (κ3) is 1.76. The zero-order valence-electron chi connectivity index (χ0n) is 10.5. The van der Waals surface area contributed by atoms with Crippen LogP contribution in [0.5, 0.6) is 0 Å². The minimum Gasteiger partial charge on any atom is -0.370 e. The minimum atomic E-state index is -0.294. The molecule has 1 amide bonds. The highest BCUT2D eigenvalue weighted by Crippen LogP contribution is 2.41. The van der Waals surface area contributed by atoms with Gasteiger partial charge in [0.2, 0.25) is 5.91 Å². The van der Waals surface area contributed by atoms with Crippen LogP contribution in [-0.4, -0.2) is 26.0 Å². The van der Waals surface area contributed by atoms with Crippen molar-refractivity contribution in [1.82, 2.24) is 5.32 Å². The summed E-state index contributed by atoms with van der Waals surface area (Å²) >= 11 is 6.34. The lowest BCUT2D eigenvalue weighted by Crippen LogP contribution is -2.23. The number of anilines is 2. The van der Waals surface area contributed by atoms with E-state index in [9.17, 15) is 4.79 Å². The Morgan fingerprint density at radius 2 is 2.17 bits per heavy atom. The van der Waals surface area contributed by atoms with Gasteiger partial charge >= 0.3 is 0 Å². The van der Waals surface area contributed by atoms with E-state index in [1.54, 1.807) is 7.05 Å². The Bertz CT molecular complexity index is 513. The fraction of sp³-hybridized carbons (Fsp3) is 0.462. The zero-order chi connectivity index (χ0) is 12.9. The van der Waals surface area contributed by atoms with Crippen LogP contribution in [0.1, 0.15) is 24.4 Å². The molecule has 1 aliphatic heterocycles. The van der Waals surface area contributed by atoms with Gasteiger partial charge in [0.1, 0.15) is 6.04 Å². The molecule has 5 heteroatoms. The van der Waals surface area contributed by atoms with Gasteiger partial charge in [-0.25, -0.2) is 0 Å². The first kappa shape index (κ1) is 11.8. The summed E-state index contributed by atoms with van der Waals surface area (Å²) in [5.74, 6) is -0.0187. The molecule has 18 heavy (non-hydrogen) atoms. The molecule has 0 saturated heterocycles. The predicted molar refractivity (Wildman–Crippen MR) is 73.3 cm³/mol. The number of benzene rings is 1. The van der Waals surface area contributed by atoms with Gasteiger partial charge in [0, 0.05) is 24.3 Å². The van der Waals surface area contributed by atoms with Crippen molar-refractivity contribution in [3.8, 4) is 0 Å². The Morgan fingerprint density at radius 1 is 1.44 bits per heavy atom. The first-order valence-electron chi connectivity index (χ1n) is 6.16. The number of halogens is 1. The number of nitrogens with one attached hydrogen (secondary N) is 2. The van der Waals surface area contributed by atoms with E-state index in [2.05, 4.69) is 22.6 Å². The summed E-state index contributed by atoms with van der Waals surface area (Å²) in [5.41, 5.74) is 2.79. The van der Waals surface area contributed by atoms with Crippen molar-refractivity contribution in [2.24, 2.45) is 0 Å². The Labute approximate surface area is 111 Å². The zero-order valence-corrected chi connectivity index (χ0v) is 11.2. The smallest absolute Gasteiger partial charge is 0.246 e. The first-order valence-corrected chi connectivity index (χ1v) is 6.54. The number of carbonyl (C=O) groups excluding carboxylic acids is 1. The SMILES string of the molecule is CNC1C(=O)Nc2cc(N(C)C3CC3)c(Cl)cc21. The van der Waals surface area contributed by atoms with Gasteiger partial charge in [-0.15, -0.1) is 0 Å². The number of likely N-dealkylation sites (N-methyl/N-ethyl adjacent to an activating group) is 1. The molecule has 96 valence electrons. The second-order valence-corrected chi connectivity index (χ2v) is 5.35. The van der Waals surface area contributed by atoms with Gasteiger partial charge in [-0.2, -0.15) is 0 Å². The van der Waals surface area contributed by atoms with E-state index >= 15 is 0 Å². The molecular formula is C13H16ClN3O. The Kier molecular flexibility index (Phi) is 2.72. The molecule has 2 N–H and O–H groups in total. The van der Waals surface area contributed by atoms with Crippen molar-refractivity contribution < 1.29 is 4.79 Å². The summed E-state index contributed by atoms with van der Waals surface area (Å²) < 4.78 is 0. The number of amides is 1. The van der Waals surface area contributed by atoms with E-state index in [0.29, 0.717) is 11.1 Å². The molecule has 4 nitrogen and oxygen atoms in total. The number of fused-ring (bicyclic) bond motifs is 1. The third-order valence-corrected chi connectivity index (χ3v) is 4.02. The molecule has 0 spiro atoms. The monoisotopic (exact) mass is 265 g/mol. The van der Waals surface area contributed by atoms with Gasteiger partial charge < -0.3 is 15.5 Å². The van der Waals surface area contributed by atoms with E-state index in [0.717, 1.165) is 16.9 Å². The number of rotatable bonds is 3. The van der Waals surface area contributed by atoms with Crippen molar-refractivity contribution in [2.75, 3.05) is 24.3 Å². The molecule has 2 aliphatic rings. The van der Waals surface area contributed by atoms with E-state index in [1.807, 2.05) is 12.1 Å². The Balaban J connectivity index is 2.01. The molecule has 0 bridgehead atoms. The van der Waals surface area contributed by atoms with Crippen LogP contribution >= 0.6 is 11.6 Å². The molecule has 1 fully saturated rings. The molecule has 1 aromatic rings. The summed E-state index contributed by atoms with van der Waals surface area (Å²) in [6, 6.07) is 4.17. The van der Waals surface area contributed by atoms with Crippen molar-refractivity contribution in [3.63, 3.8) is 0 Å². The van der Waals surface area contributed by atoms with Gasteiger partial charge in [-0.05, 0) is 32.0 Å². The summed E-state index contributed by atoms with van der Waals surface area (Å²) in [6.07, 6.45) is 2.44. The number of hydrogen-bond donors (Lipinski definition) is 2. The highest BCUT2D eigenvalue weighted by molar-refractivity contribution is 6.33. The number of carbonyl (C=O) groups is 1. The van der Waals surface area contributed by atoms with Gasteiger partial charge in [-0.3, -0.25) is 4.79 Å². The summed E-state index contributed by atoms with van der Waals surface area (Å²) in [6.45, 7) is 0. The normalized spacial score (nSPS) is 21.7. The maximum absolute atomic E-state index is 11.8. The number of nitrogens with zero attached hydrogens (tertiary/aromatic N) is 1. The van der Waals surface area contributed by atoms with Gasteiger partial charge in [-0.1, -0.05) is 11.6 Å². The van der Waals surface area contributed by atoms with Crippen LogP contribution in [0.25, 0.3) is 0 Å². The molecule has 1 aromatic carbocycles. The minimum absolute atomic E-state index is 0.0187. The second kappa shape index (κ2) is 4.14. The summed E-state index contributed by atoms with van der Waals surface area (Å²) in [4.78, 5) is 14.0. The lowest BCUT2D eigenvalue weighted by atomic mass is 10.1. The fourth-order valence-corrected chi connectivity index (χ4v) is 2.79. The summed E-state index contributed by atoms with van der Waals surface area (Å²) in [5, 5.41) is 6.60. The van der Waals surface area contributed by atoms with E-state index in [4.69, 9.17) is 11.6 Å². The molecule has 1 saturated carbocycles. The van der Waals surface area contributed by atoms with Crippen molar-refractivity contribution >= 4 is 28.9 Å². The molecule has 1 heterocycles. The highest BCUT2D eigenvalue weighted by Gasteiger charge is 2.33. The Hall–Kier alpha value is -1.26. The van der Waals surface area contributed by atoms with Crippen molar-refractivity contribution in [2.45, 2.75) is 24.9 Å². The van der Waals surface area contributed by atoms with Crippen LogP contribution in [-0.2, 0) is 4.79 Å². The number of hydrogen-bond acceptors (Lipinski definition) is 3. The predicted octanol–water partition coefficient (Wildman–Crippen LogP) is 2.15.